The normalized spacial score (nSPS) is 10.9. The minimum Gasteiger partial charge on any atom is -0.326 e. The summed E-state index contributed by atoms with van der Waals surface area (Å²) in [6.45, 7) is 3.45. The van der Waals surface area contributed by atoms with Crippen LogP contribution in [-0.2, 0) is 0 Å². The third-order valence-corrected chi connectivity index (χ3v) is 2.93. The molecule has 1 aromatic carbocycles. The van der Waals surface area contributed by atoms with Gasteiger partial charge < -0.3 is 4.98 Å². The number of halogens is 1. The number of hydrogen-bond donors (Lipinski definition) is 1. The number of hydrogen-bond acceptors (Lipinski definition) is 2. The van der Waals surface area contributed by atoms with Crippen molar-refractivity contribution in [2.24, 2.45) is 0 Å². The van der Waals surface area contributed by atoms with E-state index in [9.17, 15) is 14.0 Å². The van der Waals surface area contributed by atoms with Crippen molar-refractivity contribution in [3.63, 3.8) is 0 Å². The number of ketones is 1. The van der Waals surface area contributed by atoms with Crippen LogP contribution in [0, 0.1) is 19.7 Å². The fourth-order valence-electron chi connectivity index (χ4n) is 2.02. The summed E-state index contributed by atoms with van der Waals surface area (Å²) < 4.78 is 13.4. The van der Waals surface area contributed by atoms with E-state index in [4.69, 9.17) is 0 Å². The molecule has 102 valence electrons. The molecule has 0 aliphatic heterocycles. The van der Waals surface area contributed by atoms with E-state index < -0.39 is 17.2 Å². The molecule has 0 aliphatic rings. The van der Waals surface area contributed by atoms with E-state index in [1.165, 1.54) is 18.2 Å². The molecule has 2 rings (SSSR count). The maximum Gasteiger partial charge on any atom is 0.259 e. The second-order valence-corrected chi connectivity index (χ2v) is 4.56. The fourth-order valence-corrected chi connectivity index (χ4v) is 2.02. The molecule has 0 fully saturated rings. The number of allylic oxidation sites excluding steroid dienone is 1. The summed E-state index contributed by atoms with van der Waals surface area (Å²) in [5, 5.41) is 0. The molecule has 0 radical (unpaired) electrons. The molecule has 1 N–H and O–H groups in total. The number of aromatic nitrogens is 1. The first-order valence-corrected chi connectivity index (χ1v) is 6.16. The second kappa shape index (κ2) is 5.65. The molecular weight excluding hydrogens is 257 g/mol. The van der Waals surface area contributed by atoms with Crippen LogP contribution in [0.5, 0.6) is 0 Å². The smallest absolute Gasteiger partial charge is 0.259 e. The van der Waals surface area contributed by atoms with Gasteiger partial charge in [-0.2, -0.15) is 0 Å². The number of carbonyl (C=O) groups is 1. The van der Waals surface area contributed by atoms with Crippen molar-refractivity contribution in [3.05, 3.63) is 75.0 Å². The highest BCUT2D eigenvalue weighted by atomic mass is 19.1. The number of nitrogens with one attached hydrogen (secondary N) is 1. The Morgan fingerprint density at radius 3 is 2.60 bits per heavy atom. The van der Waals surface area contributed by atoms with Crippen LogP contribution in [0.3, 0.4) is 0 Å². The molecule has 20 heavy (non-hydrogen) atoms. The largest absolute Gasteiger partial charge is 0.326 e. The molecule has 2 aromatic rings. The molecule has 0 amide bonds. The van der Waals surface area contributed by atoms with E-state index in [0.717, 1.165) is 0 Å². The topological polar surface area (TPSA) is 49.9 Å². The lowest BCUT2D eigenvalue weighted by atomic mass is 10.0. The maximum absolute atomic E-state index is 13.4. The monoisotopic (exact) mass is 271 g/mol. The molecule has 3 nitrogen and oxygen atoms in total. The van der Waals surface area contributed by atoms with E-state index in [1.54, 1.807) is 38.1 Å². The first kappa shape index (κ1) is 13.9. The molecule has 0 bridgehead atoms. The highest BCUT2D eigenvalue weighted by Gasteiger charge is 2.11. The predicted molar refractivity (Wildman–Crippen MR) is 76.3 cm³/mol. The Morgan fingerprint density at radius 1 is 1.25 bits per heavy atom. The lowest BCUT2D eigenvalue weighted by Gasteiger charge is -2.02. The Kier molecular flexibility index (Phi) is 3.94. The summed E-state index contributed by atoms with van der Waals surface area (Å²) in [5.41, 5.74) is 1.27. The van der Waals surface area contributed by atoms with Crippen LogP contribution in [0.25, 0.3) is 6.08 Å². The Morgan fingerprint density at radius 2 is 1.95 bits per heavy atom. The Hall–Kier alpha value is -2.49. The molecule has 0 saturated carbocycles. The first-order valence-electron chi connectivity index (χ1n) is 6.16. The zero-order valence-electron chi connectivity index (χ0n) is 11.2. The van der Waals surface area contributed by atoms with E-state index in [-0.39, 0.29) is 5.56 Å². The zero-order valence-corrected chi connectivity index (χ0v) is 11.2. The van der Waals surface area contributed by atoms with Gasteiger partial charge >= 0.3 is 0 Å². The van der Waals surface area contributed by atoms with Crippen LogP contribution >= 0.6 is 0 Å². The number of aryl methyl sites for hydroxylation is 2. The van der Waals surface area contributed by atoms with Crippen molar-refractivity contribution in [3.8, 4) is 0 Å². The number of aromatic amines is 1. The van der Waals surface area contributed by atoms with E-state index >= 15 is 0 Å². The summed E-state index contributed by atoms with van der Waals surface area (Å²) in [4.78, 5) is 26.4. The highest BCUT2D eigenvalue weighted by molar-refractivity contribution is 6.07. The number of pyridine rings is 1. The van der Waals surface area contributed by atoms with Gasteiger partial charge in [-0.1, -0.05) is 18.2 Å². The Labute approximate surface area is 115 Å². The van der Waals surface area contributed by atoms with Crippen LogP contribution < -0.4 is 5.56 Å². The van der Waals surface area contributed by atoms with Crippen molar-refractivity contribution in [1.82, 2.24) is 4.98 Å². The number of rotatable bonds is 3. The first-order chi connectivity index (χ1) is 9.49. The molecule has 0 unspecified atom stereocenters. The Balaban J connectivity index is 2.35. The molecule has 0 saturated heterocycles. The van der Waals surface area contributed by atoms with Gasteiger partial charge in [-0.3, -0.25) is 9.59 Å². The lowest BCUT2D eigenvalue weighted by molar-refractivity contribution is 0.104. The average molecular weight is 271 g/mol. The van der Waals surface area contributed by atoms with Gasteiger partial charge in [-0.05, 0) is 43.7 Å². The van der Waals surface area contributed by atoms with E-state index in [0.29, 0.717) is 16.8 Å². The summed E-state index contributed by atoms with van der Waals surface area (Å²) in [6.07, 6.45) is 2.59. The third kappa shape index (κ3) is 2.91. The van der Waals surface area contributed by atoms with Crippen molar-refractivity contribution < 1.29 is 9.18 Å². The highest BCUT2D eigenvalue weighted by Crippen LogP contribution is 2.10. The van der Waals surface area contributed by atoms with Gasteiger partial charge in [0.05, 0.1) is 5.56 Å². The van der Waals surface area contributed by atoms with Gasteiger partial charge in [0.1, 0.15) is 5.82 Å². The van der Waals surface area contributed by atoms with Crippen molar-refractivity contribution >= 4 is 11.9 Å². The lowest BCUT2D eigenvalue weighted by Crippen LogP contribution is -2.19. The van der Waals surface area contributed by atoms with Crippen LogP contribution in [0.15, 0.2) is 41.2 Å². The van der Waals surface area contributed by atoms with Crippen LogP contribution in [0.1, 0.15) is 27.2 Å². The second-order valence-electron chi connectivity index (χ2n) is 4.56. The van der Waals surface area contributed by atoms with Gasteiger partial charge in [-0.15, -0.1) is 0 Å². The average Bonchev–Trinajstić information content (AvgIpc) is 2.36. The SMILES string of the molecule is Cc1cc(C)c(C(=O)/C=C\c2ccccc2F)c(=O)[nH]1. The van der Waals surface area contributed by atoms with Crippen molar-refractivity contribution in [2.45, 2.75) is 13.8 Å². The van der Waals surface area contributed by atoms with Crippen LogP contribution in [0.4, 0.5) is 4.39 Å². The fraction of sp³-hybridized carbons (Fsp3) is 0.125. The Bertz CT molecular complexity index is 744. The van der Waals surface area contributed by atoms with Crippen molar-refractivity contribution in [2.75, 3.05) is 0 Å². The molecule has 0 spiro atoms. The maximum atomic E-state index is 13.4. The van der Waals surface area contributed by atoms with Crippen LogP contribution in [0.2, 0.25) is 0 Å². The summed E-state index contributed by atoms with van der Waals surface area (Å²) in [5.74, 6) is -0.849. The van der Waals surface area contributed by atoms with Gasteiger partial charge in [0.15, 0.2) is 5.78 Å². The summed E-state index contributed by atoms with van der Waals surface area (Å²) >= 11 is 0. The van der Waals surface area contributed by atoms with Gasteiger partial charge in [-0.25, -0.2) is 4.39 Å². The molecule has 1 aromatic heterocycles. The van der Waals surface area contributed by atoms with Gasteiger partial charge in [0, 0.05) is 11.3 Å². The molecule has 4 heteroatoms. The summed E-state index contributed by atoms with van der Waals surface area (Å²) in [6, 6.07) is 7.85. The molecule has 0 atom stereocenters. The quantitative estimate of drug-likeness (QED) is 0.689. The van der Waals surface area contributed by atoms with Crippen molar-refractivity contribution in [1.29, 1.82) is 0 Å². The van der Waals surface area contributed by atoms with Crippen LogP contribution in [-0.4, -0.2) is 10.8 Å². The van der Waals surface area contributed by atoms with E-state index in [1.807, 2.05) is 0 Å². The molecule has 1 heterocycles. The number of H-pyrrole nitrogens is 1. The third-order valence-electron chi connectivity index (χ3n) is 2.93. The number of carbonyl (C=O) groups excluding carboxylic acids is 1. The predicted octanol–water partition coefficient (Wildman–Crippen LogP) is 3.03. The minimum atomic E-state index is -0.438. The number of benzene rings is 1. The molecule has 0 aliphatic carbocycles. The minimum absolute atomic E-state index is 0.0863. The van der Waals surface area contributed by atoms with E-state index in [2.05, 4.69) is 4.98 Å². The van der Waals surface area contributed by atoms with Gasteiger partial charge in [0.2, 0.25) is 0 Å². The summed E-state index contributed by atoms with van der Waals surface area (Å²) in [7, 11) is 0. The standard InChI is InChI=1S/C16H14FNO2/c1-10-9-11(2)18-16(20)15(10)14(19)8-7-12-5-3-4-6-13(12)17/h3-9H,1-2H3,(H,18,20)/b8-7-. The zero-order chi connectivity index (χ0) is 14.7. The molecular formula is C16H14FNO2. The van der Waals surface area contributed by atoms with Gasteiger partial charge in [0.25, 0.3) is 5.56 Å².